The SMILES string of the molecule is CCCN(CCC)Cc1ccc(C(Cc2ccc(NC(=O)[C@H](CCCNC(N)=O)NC(=O)[C@@H](NC(=O)CCOCCOCCOCCN3C(=O)C=CC3=O)C(C)C)cc2)N(Cc2ccc(Cn3c(O)nc4c(N)nc(OCC)nc43)c(OC)c2)C(=O)O)cc1. The lowest BCUT2D eigenvalue weighted by molar-refractivity contribution is -0.137. The number of benzene rings is 3. The number of hydrogen-bond donors (Lipinski definition) is 8. The van der Waals surface area contributed by atoms with Crippen LogP contribution in [0.1, 0.15) is 101 Å². The number of rotatable bonds is 39. The molecule has 0 saturated carbocycles. The van der Waals surface area contributed by atoms with E-state index in [1.165, 1.54) is 28.7 Å². The molecule has 1 aliphatic rings. The number of nitrogens with two attached hydrogens (primary N) is 2. The topological polar surface area (TPSA) is 360 Å². The highest BCUT2D eigenvalue weighted by atomic mass is 16.5. The number of imide groups is 1. The van der Waals surface area contributed by atoms with Crippen LogP contribution in [-0.2, 0) is 64.2 Å². The van der Waals surface area contributed by atoms with Gasteiger partial charge >= 0.3 is 18.1 Å². The smallest absolute Gasteiger partial charge is 0.408 e. The van der Waals surface area contributed by atoms with Crippen LogP contribution in [0, 0.1) is 5.92 Å². The van der Waals surface area contributed by atoms with Crippen molar-refractivity contribution in [2.75, 3.05) is 90.6 Å². The van der Waals surface area contributed by atoms with Gasteiger partial charge in [0.15, 0.2) is 17.0 Å². The Morgan fingerprint density at radius 1 is 0.764 bits per heavy atom. The number of anilines is 2. The van der Waals surface area contributed by atoms with Gasteiger partial charge < -0.3 is 66.6 Å². The number of carbonyl (C=O) groups is 7. The van der Waals surface area contributed by atoms with Crippen molar-refractivity contribution in [2.45, 2.75) is 111 Å². The quantitative estimate of drug-likeness (QED) is 0.0189. The predicted octanol–water partition coefficient (Wildman–Crippen LogP) is 5.03. The summed E-state index contributed by atoms with van der Waals surface area (Å²) in [5.74, 6) is -2.30. The lowest BCUT2D eigenvalue weighted by atomic mass is 9.95. The Bertz CT molecular complexity index is 3170. The van der Waals surface area contributed by atoms with Crippen molar-refractivity contribution in [2.24, 2.45) is 11.7 Å². The minimum absolute atomic E-state index is 0.0285. The van der Waals surface area contributed by atoms with Gasteiger partial charge in [0.1, 0.15) is 17.8 Å². The fourth-order valence-electron chi connectivity index (χ4n) is 9.96. The summed E-state index contributed by atoms with van der Waals surface area (Å²) in [4.78, 5) is 107. The molecule has 0 saturated heterocycles. The second-order valence-electron chi connectivity index (χ2n) is 21.5. The van der Waals surface area contributed by atoms with Crippen molar-refractivity contribution < 1.29 is 67.5 Å². The maximum atomic E-state index is 14.1. The summed E-state index contributed by atoms with van der Waals surface area (Å²) in [6, 6.07) is 16.4. The molecule has 89 heavy (non-hydrogen) atoms. The van der Waals surface area contributed by atoms with Crippen LogP contribution >= 0.6 is 0 Å². The molecule has 6 rings (SSSR count). The number of nitrogens with zero attached hydrogens (tertiary/aromatic N) is 7. The molecule has 3 heterocycles. The molecular weight excluding hydrogens is 1150 g/mol. The Balaban J connectivity index is 1.12. The van der Waals surface area contributed by atoms with E-state index in [4.69, 9.17) is 35.2 Å². The van der Waals surface area contributed by atoms with Gasteiger partial charge in [-0.2, -0.15) is 15.0 Å². The number of primary amides is 1. The molecule has 0 fully saturated rings. The number of nitrogen functional groups attached to an aromatic ring is 1. The average Bonchev–Trinajstić information content (AvgIpc) is 2.05. The second-order valence-corrected chi connectivity index (χ2v) is 21.5. The minimum Gasteiger partial charge on any atom is -0.496 e. The van der Waals surface area contributed by atoms with E-state index in [1.54, 1.807) is 63.2 Å². The van der Waals surface area contributed by atoms with Crippen molar-refractivity contribution in [3.05, 3.63) is 107 Å². The molecule has 2 aromatic heterocycles. The highest BCUT2D eigenvalue weighted by Gasteiger charge is 2.31. The van der Waals surface area contributed by atoms with Gasteiger partial charge in [0, 0.05) is 49.5 Å². The number of hydrogen-bond acceptors (Lipinski definition) is 18. The van der Waals surface area contributed by atoms with Crippen molar-refractivity contribution in [3.63, 3.8) is 0 Å². The number of nitrogens with one attached hydrogen (secondary N) is 4. The Morgan fingerprint density at radius 3 is 2.02 bits per heavy atom. The molecule has 482 valence electrons. The number of ether oxygens (including phenoxy) is 5. The molecule has 3 atom stereocenters. The molecule has 10 N–H and O–H groups in total. The first-order valence-electron chi connectivity index (χ1n) is 29.9. The summed E-state index contributed by atoms with van der Waals surface area (Å²) in [6.07, 6.45) is 3.79. The van der Waals surface area contributed by atoms with Crippen LogP contribution < -0.4 is 42.2 Å². The van der Waals surface area contributed by atoms with Crippen LogP contribution in [0.4, 0.5) is 21.1 Å². The van der Waals surface area contributed by atoms with Crippen molar-refractivity contribution in [3.8, 4) is 17.8 Å². The van der Waals surface area contributed by atoms with Gasteiger partial charge in [-0.25, -0.2) is 9.59 Å². The number of urea groups is 1. The highest BCUT2D eigenvalue weighted by Crippen LogP contribution is 2.32. The fraction of sp³-hybridized carbons (Fsp3) is 0.484. The maximum absolute atomic E-state index is 14.1. The lowest BCUT2D eigenvalue weighted by Crippen LogP contribution is -2.54. The van der Waals surface area contributed by atoms with Crippen LogP contribution in [0.3, 0.4) is 0 Å². The summed E-state index contributed by atoms with van der Waals surface area (Å²) in [7, 11) is 1.50. The van der Waals surface area contributed by atoms with Crippen LogP contribution in [0.15, 0.2) is 78.9 Å². The normalized spacial score (nSPS) is 13.2. The van der Waals surface area contributed by atoms with E-state index in [-0.39, 0.29) is 138 Å². The van der Waals surface area contributed by atoms with Gasteiger partial charge in [0.05, 0.1) is 72.5 Å². The van der Waals surface area contributed by atoms with Crippen LogP contribution in [-0.4, -0.2) is 178 Å². The first-order chi connectivity index (χ1) is 42.8. The molecular formula is C62H85N13O14. The third-order valence-electron chi connectivity index (χ3n) is 14.5. The monoisotopic (exact) mass is 1240 g/mol. The van der Waals surface area contributed by atoms with E-state index in [9.17, 15) is 43.8 Å². The maximum Gasteiger partial charge on any atom is 0.408 e. The number of fused-ring (bicyclic) bond motifs is 1. The first kappa shape index (κ1) is 69.2. The zero-order valence-electron chi connectivity index (χ0n) is 51.5. The Morgan fingerprint density at radius 2 is 1.40 bits per heavy atom. The Labute approximate surface area is 517 Å². The van der Waals surface area contributed by atoms with Gasteiger partial charge in [-0.15, -0.1) is 0 Å². The van der Waals surface area contributed by atoms with Crippen LogP contribution in [0.2, 0.25) is 0 Å². The summed E-state index contributed by atoms with van der Waals surface area (Å²) in [5, 5.41) is 32.9. The van der Waals surface area contributed by atoms with Crippen molar-refractivity contribution in [1.82, 2.24) is 50.2 Å². The number of imidazole rings is 1. The summed E-state index contributed by atoms with van der Waals surface area (Å²) >= 11 is 0. The molecule has 0 spiro atoms. The summed E-state index contributed by atoms with van der Waals surface area (Å²) < 4.78 is 29.3. The van der Waals surface area contributed by atoms with Crippen molar-refractivity contribution >= 4 is 64.3 Å². The molecule has 27 nitrogen and oxygen atoms in total. The zero-order valence-corrected chi connectivity index (χ0v) is 51.5. The number of aromatic nitrogens is 4. The molecule has 0 radical (unpaired) electrons. The van der Waals surface area contributed by atoms with Crippen LogP contribution in [0.25, 0.3) is 11.2 Å². The van der Waals surface area contributed by atoms with E-state index in [1.807, 2.05) is 24.3 Å². The number of aromatic hydroxyl groups is 1. The fourth-order valence-corrected chi connectivity index (χ4v) is 9.96. The molecule has 5 aromatic rings. The largest absolute Gasteiger partial charge is 0.496 e. The third kappa shape index (κ3) is 21.1. The Kier molecular flexibility index (Phi) is 27.3. The molecule has 1 aliphatic heterocycles. The highest BCUT2D eigenvalue weighted by molar-refractivity contribution is 6.12. The van der Waals surface area contributed by atoms with E-state index in [2.05, 4.69) is 55.0 Å². The van der Waals surface area contributed by atoms with E-state index < -0.39 is 48.0 Å². The van der Waals surface area contributed by atoms with Gasteiger partial charge in [0.25, 0.3) is 17.8 Å². The van der Waals surface area contributed by atoms with Gasteiger partial charge in [-0.05, 0) is 98.5 Å². The average molecular weight is 1240 g/mol. The summed E-state index contributed by atoms with van der Waals surface area (Å²) in [6.45, 7) is 13.9. The zero-order chi connectivity index (χ0) is 64.4. The van der Waals surface area contributed by atoms with Gasteiger partial charge in [0.2, 0.25) is 17.7 Å². The molecule has 1 unspecified atom stereocenters. The number of carboxylic acid groups (broad SMARTS) is 1. The molecule has 27 heteroatoms. The lowest BCUT2D eigenvalue weighted by Gasteiger charge is -2.31. The molecule has 0 bridgehead atoms. The first-order valence-corrected chi connectivity index (χ1v) is 29.9. The van der Waals surface area contributed by atoms with Gasteiger partial charge in [-0.3, -0.25) is 43.2 Å². The van der Waals surface area contributed by atoms with E-state index >= 15 is 0 Å². The second kappa shape index (κ2) is 35.2. The predicted molar refractivity (Wildman–Crippen MR) is 331 cm³/mol. The van der Waals surface area contributed by atoms with Crippen LogP contribution in [0.5, 0.6) is 17.8 Å². The number of amides is 8. The van der Waals surface area contributed by atoms with Crippen molar-refractivity contribution in [1.29, 1.82) is 0 Å². The minimum atomic E-state index is -1.17. The summed E-state index contributed by atoms with van der Waals surface area (Å²) in [5.41, 5.74) is 16.1. The molecule has 8 amide bonds. The van der Waals surface area contributed by atoms with E-state index in [0.29, 0.717) is 29.2 Å². The standard InChI is InChI=1S/C62H85N13O14/c1-7-26-72(27-8-2)37-42-12-17-44(18-13-42)48(74(62(83)84)38-43-14-19-45(49(36-43)85-6)39-75-56-54(69-61(75)82)55(63)70-60(71-56)89-9-3)35-41-15-20-46(21-16-41)66-57(79)47(11-10-25-65-59(64)81)67-58(80)53(40(4)5)68-50(76)24-29-86-31-33-88-34-32-87-30-28-73-51(77)22-23-52(73)78/h12-23,36,40,47-48,53H,7-11,24-35,37-39H2,1-6H3,(H,66,79)(H,67,80)(H,68,76)(H,69,82)(H,83,84)(H2,63,70,71)(H3,64,65,81)/t47-,48?,53-/m0/s1. The molecule has 3 aromatic carbocycles. The number of methoxy groups -OCH3 is 1. The molecule has 0 aliphatic carbocycles. The van der Waals surface area contributed by atoms with E-state index in [0.717, 1.165) is 54.1 Å². The number of carbonyl (C=O) groups excluding carboxylic acids is 6. The Hall–Kier alpha value is -8.92. The van der Waals surface area contributed by atoms with Gasteiger partial charge in [-0.1, -0.05) is 76.2 Å². The third-order valence-corrected chi connectivity index (χ3v) is 14.5.